The van der Waals surface area contributed by atoms with Crippen LogP contribution >= 0.6 is 0 Å². The van der Waals surface area contributed by atoms with E-state index in [0.29, 0.717) is 6.04 Å². The Morgan fingerprint density at radius 2 is 1.60 bits per heavy atom. The Bertz CT molecular complexity index is 293. The maximum Gasteiger partial charge on any atom is 0.0594 e. The van der Waals surface area contributed by atoms with Crippen molar-refractivity contribution in [2.75, 3.05) is 39.5 Å². The first-order chi connectivity index (χ1) is 9.81. The minimum atomic E-state index is 0.266. The molecule has 0 radical (unpaired) electrons. The van der Waals surface area contributed by atoms with Crippen LogP contribution in [0.4, 0.5) is 0 Å². The molecule has 2 N–H and O–H groups in total. The average Bonchev–Trinajstić information content (AvgIpc) is 3.00. The molecule has 0 spiro atoms. The van der Waals surface area contributed by atoms with E-state index in [1.165, 1.54) is 44.9 Å². The molecule has 3 aliphatic rings. The van der Waals surface area contributed by atoms with E-state index < -0.39 is 0 Å². The fourth-order valence-corrected chi connectivity index (χ4v) is 4.48. The van der Waals surface area contributed by atoms with Crippen LogP contribution in [0.1, 0.15) is 44.9 Å². The molecule has 20 heavy (non-hydrogen) atoms. The molecule has 4 heteroatoms. The zero-order chi connectivity index (χ0) is 13.8. The molecular formula is C16H30N2O2. The van der Waals surface area contributed by atoms with Crippen molar-refractivity contribution in [1.29, 1.82) is 0 Å². The Hall–Kier alpha value is -0.160. The van der Waals surface area contributed by atoms with Gasteiger partial charge in [0.2, 0.25) is 0 Å². The molecule has 1 saturated carbocycles. The first-order valence-electron chi connectivity index (χ1n) is 8.47. The molecule has 2 aliphatic heterocycles. The van der Waals surface area contributed by atoms with Gasteiger partial charge in [-0.3, -0.25) is 4.90 Å². The molecule has 1 atom stereocenters. The summed E-state index contributed by atoms with van der Waals surface area (Å²) < 4.78 is 11.0. The van der Waals surface area contributed by atoms with Gasteiger partial charge in [-0.25, -0.2) is 0 Å². The van der Waals surface area contributed by atoms with Crippen LogP contribution in [-0.2, 0) is 9.47 Å². The molecule has 4 nitrogen and oxygen atoms in total. The third-order valence-electron chi connectivity index (χ3n) is 5.73. The smallest absolute Gasteiger partial charge is 0.0594 e. The molecule has 0 aromatic rings. The van der Waals surface area contributed by atoms with Crippen LogP contribution in [0.15, 0.2) is 0 Å². The fraction of sp³-hybridized carbons (Fsp3) is 1.00. The molecule has 0 amide bonds. The minimum absolute atomic E-state index is 0.266. The summed E-state index contributed by atoms with van der Waals surface area (Å²) in [6.07, 6.45) is 8.85. The standard InChI is InChI=1S/C16H30N2O2/c17-15(13-14-3-9-19-10-4-14)16(5-1-2-6-16)18-7-11-20-12-8-18/h14-15H,1-13,17H2. The number of nitrogens with zero attached hydrogens (tertiary/aromatic N) is 1. The zero-order valence-electron chi connectivity index (χ0n) is 12.7. The molecule has 0 aromatic carbocycles. The third-order valence-corrected chi connectivity index (χ3v) is 5.73. The van der Waals surface area contributed by atoms with E-state index in [0.717, 1.165) is 45.4 Å². The first kappa shape index (κ1) is 14.8. The van der Waals surface area contributed by atoms with Crippen LogP contribution in [0.5, 0.6) is 0 Å². The number of hydrogen-bond acceptors (Lipinski definition) is 4. The van der Waals surface area contributed by atoms with Gasteiger partial charge in [0, 0.05) is 37.9 Å². The Balaban J connectivity index is 1.65. The van der Waals surface area contributed by atoms with Crippen LogP contribution in [0.2, 0.25) is 0 Å². The van der Waals surface area contributed by atoms with Crippen LogP contribution in [0.3, 0.4) is 0 Å². The number of hydrogen-bond donors (Lipinski definition) is 1. The molecular weight excluding hydrogens is 252 g/mol. The highest BCUT2D eigenvalue weighted by Gasteiger charge is 2.45. The molecule has 0 aromatic heterocycles. The molecule has 3 rings (SSSR count). The predicted octanol–water partition coefficient (Wildman–Crippen LogP) is 1.78. The zero-order valence-corrected chi connectivity index (χ0v) is 12.7. The maximum atomic E-state index is 6.75. The van der Waals surface area contributed by atoms with Crippen molar-refractivity contribution in [3.63, 3.8) is 0 Å². The van der Waals surface area contributed by atoms with E-state index in [1.54, 1.807) is 0 Å². The summed E-state index contributed by atoms with van der Waals surface area (Å²) in [6.45, 7) is 5.77. The number of ether oxygens (including phenoxy) is 2. The van der Waals surface area contributed by atoms with Crippen LogP contribution in [-0.4, -0.2) is 56.0 Å². The molecule has 2 saturated heterocycles. The first-order valence-corrected chi connectivity index (χ1v) is 8.47. The molecule has 0 bridgehead atoms. The van der Waals surface area contributed by atoms with Gasteiger partial charge in [-0.2, -0.15) is 0 Å². The summed E-state index contributed by atoms with van der Waals surface area (Å²) >= 11 is 0. The van der Waals surface area contributed by atoms with E-state index in [1.807, 2.05) is 0 Å². The van der Waals surface area contributed by atoms with E-state index in [-0.39, 0.29) is 5.54 Å². The summed E-state index contributed by atoms with van der Waals surface area (Å²) in [4.78, 5) is 2.66. The largest absolute Gasteiger partial charge is 0.381 e. The topological polar surface area (TPSA) is 47.7 Å². The quantitative estimate of drug-likeness (QED) is 0.854. The van der Waals surface area contributed by atoms with Gasteiger partial charge >= 0.3 is 0 Å². The van der Waals surface area contributed by atoms with Crippen LogP contribution < -0.4 is 5.73 Å². The second-order valence-electron chi connectivity index (χ2n) is 6.81. The average molecular weight is 282 g/mol. The van der Waals surface area contributed by atoms with Crippen molar-refractivity contribution in [1.82, 2.24) is 4.90 Å². The van der Waals surface area contributed by atoms with Crippen molar-refractivity contribution < 1.29 is 9.47 Å². The van der Waals surface area contributed by atoms with E-state index in [2.05, 4.69) is 4.90 Å². The van der Waals surface area contributed by atoms with Gasteiger partial charge in [-0.1, -0.05) is 12.8 Å². The van der Waals surface area contributed by atoms with Gasteiger partial charge in [0.25, 0.3) is 0 Å². The van der Waals surface area contributed by atoms with Gasteiger partial charge in [-0.05, 0) is 38.0 Å². The Morgan fingerprint density at radius 1 is 1.00 bits per heavy atom. The summed E-state index contributed by atoms with van der Waals surface area (Å²) in [7, 11) is 0. The lowest BCUT2D eigenvalue weighted by molar-refractivity contribution is -0.0361. The van der Waals surface area contributed by atoms with Crippen LogP contribution in [0.25, 0.3) is 0 Å². The van der Waals surface area contributed by atoms with Crippen molar-refractivity contribution >= 4 is 0 Å². The highest BCUT2D eigenvalue weighted by Crippen LogP contribution is 2.40. The summed E-state index contributed by atoms with van der Waals surface area (Å²) in [6, 6.07) is 0.325. The van der Waals surface area contributed by atoms with Crippen LogP contribution in [0, 0.1) is 5.92 Å². The van der Waals surface area contributed by atoms with Gasteiger partial charge in [0.05, 0.1) is 13.2 Å². The number of rotatable bonds is 4. The SMILES string of the molecule is NC(CC1CCOCC1)C1(N2CCOCC2)CCCC1. The van der Waals surface area contributed by atoms with Gasteiger partial charge < -0.3 is 15.2 Å². The lowest BCUT2D eigenvalue weighted by Crippen LogP contribution is -2.61. The third kappa shape index (κ3) is 3.03. The summed E-state index contributed by atoms with van der Waals surface area (Å²) in [5.41, 5.74) is 7.02. The Morgan fingerprint density at radius 3 is 2.25 bits per heavy atom. The van der Waals surface area contributed by atoms with Crippen molar-refractivity contribution in [2.24, 2.45) is 11.7 Å². The second-order valence-corrected chi connectivity index (χ2v) is 6.81. The monoisotopic (exact) mass is 282 g/mol. The second kappa shape index (κ2) is 6.73. The lowest BCUT2D eigenvalue weighted by atomic mass is 9.79. The van der Waals surface area contributed by atoms with Gasteiger partial charge in [0.15, 0.2) is 0 Å². The van der Waals surface area contributed by atoms with Crippen molar-refractivity contribution in [3.05, 3.63) is 0 Å². The van der Waals surface area contributed by atoms with Gasteiger partial charge in [0.1, 0.15) is 0 Å². The number of morpholine rings is 1. The van der Waals surface area contributed by atoms with E-state index >= 15 is 0 Å². The molecule has 2 heterocycles. The maximum absolute atomic E-state index is 6.75. The molecule has 3 fully saturated rings. The van der Waals surface area contributed by atoms with E-state index in [4.69, 9.17) is 15.2 Å². The number of nitrogens with two attached hydrogens (primary N) is 1. The van der Waals surface area contributed by atoms with E-state index in [9.17, 15) is 0 Å². The molecule has 1 unspecified atom stereocenters. The molecule has 1 aliphatic carbocycles. The summed E-state index contributed by atoms with van der Waals surface area (Å²) in [5.74, 6) is 0.775. The Kier molecular flexibility index (Phi) is 4.97. The summed E-state index contributed by atoms with van der Waals surface area (Å²) in [5, 5.41) is 0. The van der Waals surface area contributed by atoms with Gasteiger partial charge in [-0.15, -0.1) is 0 Å². The normalized spacial score (nSPS) is 30.4. The molecule has 116 valence electrons. The predicted molar refractivity (Wildman–Crippen MR) is 79.7 cm³/mol. The highest BCUT2D eigenvalue weighted by molar-refractivity contribution is 5.03. The van der Waals surface area contributed by atoms with Crippen molar-refractivity contribution in [3.8, 4) is 0 Å². The minimum Gasteiger partial charge on any atom is -0.381 e. The lowest BCUT2D eigenvalue weighted by Gasteiger charge is -2.48. The highest BCUT2D eigenvalue weighted by atomic mass is 16.5. The fourth-order valence-electron chi connectivity index (χ4n) is 4.48. The Labute approximate surface area is 123 Å². The van der Waals surface area contributed by atoms with Crippen molar-refractivity contribution in [2.45, 2.75) is 56.5 Å².